The van der Waals surface area contributed by atoms with E-state index in [1.54, 1.807) is 43.5 Å². The van der Waals surface area contributed by atoms with Crippen LogP contribution in [0.4, 0.5) is 0 Å². The molecule has 112 valence electrons. The molecule has 0 saturated carbocycles. The third-order valence-electron chi connectivity index (χ3n) is 2.95. The summed E-state index contributed by atoms with van der Waals surface area (Å²) < 4.78 is 16.1. The number of ether oxygens (including phenoxy) is 3. The van der Waals surface area contributed by atoms with Crippen LogP contribution in [0.1, 0.15) is 25.2 Å². The van der Waals surface area contributed by atoms with Crippen molar-refractivity contribution in [2.45, 2.75) is 19.6 Å². The summed E-state index contributed by atoms with van der Waals surface area (Å²) in [6.45, 7) is 2.75. The summed E-state index contributed by atoms with van der Waals surface area (Å²) in [4.78, 5) is 0. The molecule has 0 spiro atoms. The van der Waals surface area contributed by atoms with Gasteiger partial charge in [-0.05, 0) is 55.0 Å². The van der Waals surface area contributed by atoms with Gasteiger partial charge in [0.1, 0.15) is 17.2 Å². The molecule has 1 atom stereocenters. The zero-order chi connectivity index (χ0) is 15.1. The lowest BCUT2D eigenvalue weighted by Gasteiger charge is -2.14. The van der Waals surface area contributed by atoms with Gasteiger partial charge in [-0.15, -0.1) is 0 Å². The quantitative estimate of drug-likeness (QED) is 0.791. The van der Waals surface area contributed by atoms with Crippen LogP contribution in [0.2, 0.25) is 0 Å². The molecular formula is C17H20O4. The topological polar surface area (TPSA) is 47.9 Å². The Morgan fingerprint density at radius 2 is 1.48 bits per heavy atom. The molecule has 1 unspecified atom stereocenters. The van der Waals surface area contributed by atoms with Gasteiger partial charge in [0, 0.05) is 5.56 Å². The smallest absolute Gasteiger partial charge is 0.224 e. The van der Waals surface area contributed by atoms with Crippen LogP contribution in [0.25, 0.3) is 0 Å². The largest absolute Gasteiger partial charge is 0.497 e. The highest BCUT2D eigenvalue weighted by atomic mass is 16.6. The average molecular weight is 288 g/mol. The molecule has 0 heterocycles. The van der Waals surface area contributed by atoms with Gasteiger partial charge in [0.2, 0.25) is 6.29 Å². The fourth-order valence-corrected chi connectivity index (χ4v) is 1.80. The first-order valence-corrected chi connectivity index (χ1v) is 6.94. The van der Waals surface area contributed by atoms with Crippen molar-refractivity contribution < 1.29 is 19.3 Å². The molecule has 0 saturated heterocycles. The van der Waals surface area contributed by atoms with Crippen molar-refractivity contribution in [3.05, 3.63) is 54.1 Å². The molecule has 0 fully saturated rings. The summed E-state index contributed by atoms with van der Waals surface area (Å²) >= 11 is 0. The van der Waals surface area contributed by atoms with Crippen LogP contribution >= 0.6 is 0 Å². The van der Waals surface area contributed by atoms with Crippen LogP contribution in [0.5, 0.6) is 17.2 Å². The van der Waals surface area contributed by atoms with Crippen molar-refractivity contribution in [2.24, 2.45) is 0 Å². The Kier molecular flexibility index (Phi) is 5.46. The second kappa shape index (κ2) is 7.55. The molecule has 2 rings (SSSR count). The Balaban J connectivity index is 1.96. The molecule has 0 aromatic heterocycles. The fourth-order valence-electron chi connectivity index (χ4n) is 1.80. The number of rotatable bonds is 7. The maximum absolute atomic E-state index is 10.1. The summed E-state index contributed by atoms with van der Waals surface area (Å²) in [5.41, 5.74) is 0.669. The molecule has 0 radical (unpaired) electrons. The van der Waals surface area contributed by atoms with E-state index in [2.05, 4.69) is 6.92 Å². The van der Waals surface area contributed by atoms with E-state index in [9.17, 15) is 5.11 Å². The van der Waals surface area contributed by atoms with E-state index in [0.717, 1.165) is 17.9 Å². The minimum Gasteiger partial charge on any atom is -0.497 e. The molecule has 0 amide bonds. The zero-order valence-corrected chi connectivity index (χ0v) is 12.3. The molecule has 2 aromatic rings. The van der Waals surface area contributed by atoms with Gasteiger partial charge in [-0.2, -0.15) is 0 Å². The number of hydrogen-bond donors (Lipinski definition) is 1. The number of aliphatic hydroxyl groups excluding tert-OH is 1. The van der Waals surface area contributed by atoms with Crippen molar-refractivity contribution in [1.82, 2.24) is 0 Å². The van der Waals surface area contributed by atoms with Crippen molar-refractivity contribution in [3.8, 4) is 17.2 Å². The van der Waals surface area contributed by atoms with Crippen molar-refractivity contribution in [2.75, 3.05) is 13.7 Å². The summed E-state index contributed by atoms with van der Waals surface area (Å²) in [7, 11) is 1.60. The first-order chi connectivity index (χ1) is 10.2. The van der Waals surface area contributed by atoms with Gasteiger partial charge in [0.15, 0.2) is 0 Å². The van der Waals surface area contributed by atoms with Crippen LogP contribution in [0.3, 0.4) is 0 Å². The molecule has 4 heteroatoms. The van der Waals surface area contributed by atoms with Gasteiger partial charge in [-0.1, -0.05) is 6.92 Å². The van der Waals surface area contributed by atoms with Crippen LogP contribution < -0.4 is 14.2 Å². The predicted molar refractivity (Wildman–Crippen MR) is 80.8 cm³/mol. The van der Waals surface area contributed by atoms with Gasteiger partial charge in [-0.3, -0.25) is 0 Å². The maximum atomic E-state index is 10.1. The van der Waals surface area contributed by atoms with Gasteiger partial charge in [0.05, 0.1) is 13.7 Å². The average Bonchev–Trinajstić information content (AvgIpc) is 2.54. The summed E-state index contributed by atoms with van der Waals surface area (Å²) in [6.07, 6.45) is -0.0487. The summed E-state index contributed by atoms with van der Waals surface area (Å²) in [5, 5.41) is 10.1. The lowest BCUT2D eigenvalue weighted by atomic mass is 10.2. The van der Waals surface area contributed by atoms with Crippen LogP contribution in [-0.2, 0) is 0 Å². The molecular weight excluding hydrogens is 268 g/mol. The number of benzene rings is 2. The molecule has 0 aliphatic heterocycles. The van der Waals surface area contributed by atoms with Crippen LogP contribution in [-0.4, -0.2) is 18.8 Å². The Hall–Kier alpha value is -2.20. The van der Waals surface area contributed by atoms with E-state index in [4.69, 9.17) is 14.2 Å². The minimum atomic E-state index is -1.02. The normalized spacial score (nSPS) is 11.8. The van der Waals surface area contributed by atoms with E-state index in [0.29, 0.717) is 17.9 Å². The van der Waals surface area contributed by atoms with Crippen LogP contribution in [0.15, 0.2) is 48.5 Å². The first kappa shape index (κ1) is 15.2. The lowest BCUT2D eigenvalue weighted by molar-refractivity contribution is -0.0194. The first-order valence-electron chi connectivity index (χ1n) is 6.94. The molecule has 4 nitrogen and oxygen atoms in total. The lowest BCUT2D eigenvalue weighted by Crippen LogP contribution is -2.06. The molecule has 0 bridgehead atoms. The second-order valence-electron chi connectivity index (χ2n) is 4.56. The van der Waals surface area contributed by atoms with E-state index in [1.165, 1.54) is 0 Å². The fraction of sp³-hybridized carbons (Fsp3) is 0.294. The highest BCUT2D eigenvalue weighted by Crippen LogP contribution is 2.24. The molecule has 2 aromatic carbocycles. The third kappa shape index (κ3) is 4.39. The van der Waals surface area contributed by atoms with Crippen molar-refractivity contribution in [1.29, 1.82) is 0 Å². The summed E-state index contributed by atoms with van der Waals surface area (Å²) in [5.74, 6) is 2.12. The molecule has 1 N–H and O–H groups in total. The number of methoxy groups -OCH3 is 1. The third-order valence-corrected chi connectivity index (χ3v) is 2.95. The standard InChI is InChI=1S/C17H20O4/c1-3-12-20-15-8-10-16(11-9-15)21-17(18)13-4-6-14(19-2)7-5-13/h4-11,17-18H,3,12H2,1-2H3. The highest BCUT2D eigenvalue weighted by molar-refractivity contribution is 5.32. The molecule has 0 aliphatic carbocycles. The van der Waals surface area contributed by atoms with Crippen LogP contribution in [0, 0.1) is 0 Å². The Morgan fingerprint density at radius 3 is 2.05 bits per heavy atom. The molecule has 0 aliphatic rings. The Bertz CT molecular complexity index is 534. The van der Waals surface area contributed by atoms with Crippen molar-refractivity contribution >= 4 is 0 Å². The second-order valence-corrected chi connectivity index (χ2v) is 4.56. The SMILES string of the molecule is CCCOc1ccc(OC(O)c2ccc(OC)cc2)cc1. The number of aliphatic hydroxyl groups is 1. The van der Waals surface area contributed by atoms with E-state index < -0.39 is 6.29 Å². The minimum absolute atomic E-state index is 0.585. The Morgan fingerprint density at radius 1 is 0.905 bits per heavy atom. The van der Waals surface area contributed by atoms with E-state index in [-0.39, 0.29) is 0 Å². The maximum Gasteiger partial charge on any atom is 0.224 e. The van der Waals surface area contributed by atoms with Gasteiger partial charge < -0.3 is 19.3 Å². The number of hydrogen-bond acceptors (Lipinski definition) is 4. The predicted octanol–water partition coefficient (Wildman–Crippen LogP) is 3.55. The highest BCUT2D eigenvalue weighted by Gasteiger charge is 2.09. The van der Waals surface area contributed by atoms with Crippen molar-refractivity contribution in [3.63, 3.8) is 0 Å². The molecule has 21 heavy (non-hydrogen) atoms. The Labute approximate surface area is 124 Å². The van der Waals surface area contributed by atoms with E-state index in [1.807, 2.05) is 12.1 Å². The zero-order valence-electron chi connectivity index (χ0n) is 12.3. The van der Waals surface area contributed by atoms with Gasteiger partial charge >= 0.3 is 0 Å². The van der Waals surface area contributed by atoms with Gasteiger partial charge in [0.25, 0.3) is 0 Å². The summed E-state index contributed by atoms with van der Waals surface area (Å²) in [6, 6.07) is 14.3. The van der Waals surface area contributed by atoms with E-state index >= 15 is 0 Å². The van der Waals surface area contributed by atoms with Gasteiger partial charge in [-0.25, -0.2) is 0 Å². The monoisotopic (exact) mass is 288 g/mol.